The van der Waals surface area contributed by atoms with Crippen LogP contribution in [0.1, 0.15) is 11.1 Å². The van der Waals surface area contributed by atoms with E-state index in [0.29, 0.717) is 17.4 Å². The smallest absolute Gasteiger partial charge is 0.187 e. The fourth-order valence-corrected chi connectivity index (χ4v) is 1.89. The minimum Gasteiger partial charge on any atom is -0.504 e. The summed E-state index contributed by atoms with van der Waals surface area (Å²) in [7, 11) is 1.47. The lowest BCUT2D eigenvalue weighted by atomic mass is 10.2. The molecule has 0 spiro atoms. The SMILES string of the molecule is COc1cc(/C=N/NC(=S)NCc2ccc(F)cc2)ccc1O. The first-order chi connectivity index (χ1) is 11.1. The Hall–Kier alpha value is -2.67. The summed E-state index contributed by atoms with van der Waals surface area (Å²) in [6.45, 7) is 0.467. The van der Waals surface area contributed by atoms with Gasteiger partial charge in [0, 0.05) is 6.54 Å². The van der Waals surface area contributed by atoms with E-state index in [-0.39, 0.29) is 11.6 Å². The molecule has 7 heteroatoms. The molecule has 0 aliphatic heterocycles. The van der Waals surface area contributed by atoms with Crippen molar-refractivity contribution in [2.45, 2.75) is 6.54 Å². The minimum absolute atomic E-state index is 0.0640. The van der Waals surface area contributed by atoms with Crippen LogP contribution in [-0.2, 0) is 6.54 Å². The van der Waals surface area contributed by atoms with E-state index < -0.39 is 0 Å². The van der Waals surface area contributed by atoms with E-state index in [1.165, 1.54) is 25.3 Å². The normalized spacial score (nSPS) is 10.5. The first-order valence-corrected chi connectivity index (χ1v) is 7.17. The van der Waals surface area contributed by atoms with Crippen molar-refractivity contribution in [1.29, 1.82) is 0 Å². The van der Waals surface area contributed by atoms with Crippen LogP contribution >= 0.6 is 12.2 Å². The highest BCUT2D eigenvalue weighted by Gasteiger charge is 2.01. The van der Waals surface area contributed by atoms with E-state index >= 15 is 0 Å². The average Bonchev–Trinajstić information content (AvgIpc) is 2.56. The summed E-state index contributed by atoms with van der Waals surface area (Å²) in [5.74, 6) is 0.156. The number of phenols is 1. The van der Waals surface area contributed by atoms with E-state index in [0.717, 1.165) is 11.1 Å². The lowest BCUT2D eigenvalue weighted by molar-refractivity contribution is 0.373. The molecule has 2 aromatic carbocycles. The summed E-state index contributed by atoms with van der Waals surface area (Å²) in [6.07, 6.45) is 1.55. The van der Waals surface area contributed by atoms with Crippen LogP contribution in [0, 0.1) is 5.82 Å². The molecule has 0 unspecified atom stereocenters. The Balaban J connectivity index is 1.82. The van der Waals surface area contributed by atoms with Crippen LogP contribution in [0.15, 0.2) is 47.6 Å². The fourth-order valence-electron chi connectivity index (χ4n) is 1.76. The van der Waals surface area contributed by atoms with Gasteiger partial charge in [0.2, 0.25) is 0 Å². The van der Waals surface area contributed by atoms with E-state index in [1.807, 2.05) is 0 Å². The number of hydrogen-bond acceptors (Lipinski definition) is 4. The lowest BCUT2D eigenvalue weighted by Crippen LogP contribution is -2.31. The van der Waals surface area contributed by atoms with Crippen LogP contribution in [0.3, 0.4) is 0 Å². The monoisotopic (exact) mass is 333 g/mol. The van der Waals surface area contributed by atoms with Crippen LogP contribution in [0.25, 0.3) is 0 Å². The first kappa shape index (κ1) is 16.7. The average molecular weight is 333 g/mol. The molecule has 0 bridgehead atoms. The standard InChI is InChI=1S/C16H16FN3O2S/c1-22-15-8-12(4-7-14(15)21)10-19-20-16(23)18-9-11-2-5-13(17)6-3-11/h2-8,10,21H,9H2,1H3,(H2,18,20,23)/b19-10+. The summed E-state index contributed by atoms with van der Waals surface area (Å²) in [6, 6.07) is 11.0. The Bertz CT molecular complexity index is 705. The van der Waals surface area contributed by atoms with Gasteiger partial charge in [0.1, 0.15) is 5.82 Å². The van der Waals surface area contributed by atoms with E-state index in [1.54, 1.807) is 30.5 Å². The molecule has 0 fully saturated rings. The molecule has 0 radical (unpaired) electrons. The number of halogens is 1. The number of ether oxygens (including phenoxy) is 1. The van der Waals surface area contributed by atoms with Gasteiger partial charge in [-0.1, -0.05) is 12.1 Å². The molecule has 0 amide bonds. The highest BCUT2D eigenvalue weighted by atomic mass is 32.1. The van der Waals surface area contributed by atoms with Gasteiger partial charge in [0.15, 0.2) is 16.6 Å². The number of rotatable bonds is 5. The summed E-state index contributed by atoms with van der Waals surface area (Å²) >= 11 is 5.09. The minimum atomic E-state index is -0.275. The number of methoxy groups -OCH3 is 1. The molecule has 0 aliphatic rings. The van der Waals surface area contributed by atoms with Gasteiger partial charge in [-0.3, -0.25) is 5.43 Å². The molecule has 0 aliphatic carbocycles. The number of nitrogens with one attached hydrogen (secondary N) is 2. The molecule has 5 nitrogen and oxygen atoms in total. The first-order valence-electron chi connectivity index (χ1n) is 6.77. The van der Waals surface area contributed by atoms with Crippen molar-refractivity contribution in [3.63, 3.8) is 0 Å². The summed E-state index contributed by atoms with van der Waals surface area (Å²) in [5, 5.41) is 16.8. The third kappa shape index (κ3) is 5.23. The Kier molecular flexibility index (Phi) is 5.87. The Labute approximate surface area is 138 Å². The molecule has 23 heavy (non-hydrogen) atoms. The van der Waals surface area contributed by atoms with Crippen molar-refractivity contribution in [1.82, 2.24) is 10.7 Å². The number of hydrogen-bond donors (Lipinski definition) is 3. The highest BCUT2D eigenvalue weighted by molar-refractivity contribution is 7.80. The zero-order valence-electron chi connectivity index (χ0n) is 12.4. The fraction of sp³-hybridized carbons (Fsp3) is 0.125. The van der Waals surface area contributed by atoms with E-state index in [9.17, 15) is 9.50 Å². The number of hydrazone groups is 1. The number of phenolic OH excluding ortho intramolecular Hbond substituents is 1. The molecule has 120 valence electrons. The van der Waals surface area contributed by atoms with Crippen molar-refractivity contribution in [3.8, 4) is 11.5 Å². The quantitative estimate of drug-likeness (QED) is 0.446. The van der Waals surface area contributed by atoms with Gasteiger partial charge < -0.3 is 15.2 Å². The molecule has 0 saturated heterocycles. The van der Waals surface area contributed by atoms with Crippen LogP contribution < -0.4 is 15.5 Å². The predicted molar refractivity (Wildman–Crippen MR) is 91.2 cm³/mol. The van der Waals surface area contributed by atoms with E-state index in [2.05, 4.69) is 15.8 Å². The Morgan fingerprint density at radius 1 is 1.30 bits per heavy atom. The number of nitrogens with zero attached hydrogens (tertiary/aromatic N) is 1. The van der Waals surface area contributed by atoms with Crippen molar-refractivity contribution in [2.75, 3.05) is 7.11 Å². The van der Waals surface area contributed by atoms with Gasteiger partial charge in [0.05, 0.1) is 13.3 Å². The summed E-state index contributed by atoms with van der Waals surface area (Å²) in [5.41, 5.74) is 4.33. The van der Waals surface area contributed by atoms with E-state index in [4.69, 9.17) is 17.0 Å². The predicted octanol–water partition coefficient (Wildman–Crippen LogP) is 2.54. The van der Waals surface area contributed by atoms with Crippen molar-refractivity contribution in [3.05, 3.63) is 59.4 Å². The third-order valence-electron chi connectivity index (χ3n) is 2.95. The third-order valence-corrected chi connectivity index (χ3v) is 3.19. The molecular formula is C16H16FN3O2S. The topological polar surface area (TPSA) is 65.9 Å². The molecule has 0 aromatic heterocycles. The Morgan fingerprint density at radius 2 is 2.04 bits per heavy atom. The second-order valence-electron chi connectivity index (χ2n) is 4.61. The van der Waals surface area contributed by atoms with Crippen molar-refractivity contribution >= 4 is 23.5 Å². The maximum atomic E-state index is 12.8. The van der Waals surface area contributed by atoms with Crippen molar-refractivity contribution < 1.29 is 14.2 Å². The lowest BCUT2D eigenvalue weighted by Gasteiger charge is -2.07. The van der Waals surface area contributed by atoms with Crippen molar-refractivity contribution in [2.24, 2.45) is 5.10 Å². The summed E-state index contributed by atoms with van der Waals surface area (Å²) < 4.78 is 17.8. The molecule has 2 aromatic rings. The van der Waals surface area contributed by atoms with Gasteiger partial charge in [-0.15, -0.1) is 0 Å². The highest BCUT2D eigenvalue weighted by Crippen LogP contribution is 2.25. The Morgan fingerprint density at radius 3 is 2.74 bits per heavy atom. The number of aromatic hydroxyl groups is 1. The maximum Gasteiger partial charge on any atom is 0.187 e. The maximum absolute atomic E-state index is 12.8. The number of thiocarbonyl (C=S) groups is 1. The molecule has 0 heterocycles. The van der Waals surface area contributed by atoms with Crippen LogP contribution in [0.2, 0.25) is 0 Å². The largest absolute Gasteiger partial charge is 0.504 e. The van der Waals surface area contributed by atoms with Gasteiger partial charge in [-0.2, -0.15) is 5.10 Å². The number of benzene rings is 2. The zero-order chi connectivity index (χ0) is 16.7. The molecule has 0 saturated carbocycles. The molecular weight excluding hydrogens is 317 g/mol. The van der Waals surface area contributed by atoms with Crippen LogP contribution in [-0.4, -0.2) is 23.5 Å². The second kappa shape index (κ2) is 8.09. The molecule has 0 atom stereocenters. The molecule has 3 N–H and O–H groups in total. The van der Waals surface area contributed by atoms with Gasteiger partial charge in [-0.25, -0.2) is 4.39 Å². The van der Waals surface area contributed by atoms with Gasteiger partial charge in [-0.05, 0) is 53.7 Å². The zero-order valence-corrected chi connectivity index (χ0v) is 13.2. The van der Waals surface area contributed by atoms with Gasteiger partial charge in [0.25, 0.3) is 0 Å². The summed E-state index contributed by atoms with van der Waals surface area (Å²) in [4.78, 5) is 0. The van der Waals surface area contributed by atoms with Crippen LogP contribution in [0.4, 0.5) is 4.39 Å². The molecule has 2 rings (SSSR count). The van der Waals surface area contributed by atoms with Gasteiger partial charge >= 0.3 is 0 Å². The second-order valence-corrected chi connectivity index (χ2v) is 5.02. The van der Waals surface area contributed by atoms with Crippen LogP contribution in [0.5, 0.6) is 11.5 Å².